The summed E-state index contributed by atoms with van der Waals surface area (Å²) >= 11 is 0. The van der Waals surface area contributed by atoms with E-state index in [2.05, 4.69) is 10.3 Å². The number of hydrogen-bond acceptors (Lipinski definition) is 5. The van der Waals surface area contributed by atoms with Crippen molar-refractivity contribution in [1.29, 1.82) is 0 Å². The highest BCUT2D eigenvalue weighted by Crippen LogP contribution is 2.35. The van der Waals surface area contributed by atoms with Crippen LogP contribution in [0, 0.1) is 23.3 Å². The molecule has 0 saturated heterocycles. The molecule has 4 aromatic rings. The fraction of sp³-hybridized carbons (Fsp3) is 0.156. The van der Waals surface area contributed by atoms with Crippen molar-refractivity contribution in [1.82, 2.24) is 5.32 Å². The predicted octanol–water partition coefficient (Wildman–Crippen LogP) is 5.25. The van der Waals surface area contributed by atoms with Gasteiger partial charge in [0.05, 0.1) is 17.3 Å². The van der Waals surface area contributed by atoms with E-state index in [-0.39, 0.29) is 24.3 Å². The highest BCUT2D eigenvalue weighted by atomic mass is 19.2. The average Bonchev–Trinajstić information content (AvgIpc) is 3.45. The fourth-order valence-corrected chi connectivity index (χ4v) is 5.15. The van der Waals surface area contributed by atoms with Crippen molar-refractivity contribution in [2.75, 3.05) is 18.7 Å². The number of nitrogens with one attached hydrogen (secondary N) is 1. The second kappa shape index (κ2) is 11.2. The van der Waals surface area contributed by atoms with Gasteiger partial charge < -0.3 is 19.7 Å². The largest absolute Gasteiger partial charge is 0.454 e. The fourth-order valence-electron chi connectivity index (χ4n) is 5.15. The van der Waals surface area contributed by atoms with E-state index in [9.17, 15) is 27.2 Å². The summed E-state index contributed by atoms with van der Waals surface area (Å²) in [5.41, 5.74) is 1.90. The van der Waals surface area contributed by atoms with Gasteiger partial charge in [0.25, 0.3) is 5.91 Å². The molecule has 0 fully saturated rings. The van der Waals surface area contributed by atoms with Crippen molar-refractivity contribution in [3.63, 3.8) is 0 Å². The van der Waals surface area contributed by atoms with Crippen LogP contribution in [-0.4, -0.2) is 37.5 Å². The zero-order chi connectivity index (χ0) is 30.2. The molecule has 11 heteroatoms. The van der Waals surface area contributed by atoms with Gasteiger partial charge in [-0.05, 0) is 66.6 Å². The van der Waals surface area contributed by atoms with Gasteiger partial charge in [-0.2, -0.15) is 0 Å². The molecule has 2 aliphatic rings. The first-order valence-electron chi connectivity index (χ1n) is 13.2. The Balaban J connectivity index is 1.41. The van der Waals surface area contributed by atoms with E-state index in [1.807, 2.05) is 0 Å². The van der Waals surface area contributed by atoms with Crippen LogP contribution in [-0.2, 0) is 16.0 Å². The number of carbonyl (C=O) groups is 2. The number of carbonyl (C=O) groups excluding carboxylic acids is 2. The number of nitrogens with zero attached hydrogens (tertiary/aromatic N) is 2. The number of para-hydroxylation sites is 1. The molecule has 1 N–H and O–H groups in total. The Hall–Kier alpha value is -5.19. The predicted molar refractivity (Wildman–Crippen MR) is 149 cm³/mol. The number of fused-ring (bicyclic) bond motifs is 2. The topological polar surface area (TPSA) is 80.2 Å². The first-order chi connectivity index (χ1) is 20.7. The van der Waals surface area contributed by atoms with Crippen molar-refractivity contribution in [2.24, 2.45) is 4.99 Å². The molecule has 6 rings (SSSR count). The van der Waals surface area contributed by atoms with Crippen LogP contribution in [0.3, 0.4) is 0 Å². The number of likely N-dealkylation sites (N-methyl/N-ethyl adjacent to an activating group) is 1. The number of benzene rings is 4. The van der Waals surface area contributed by atoms with Crippen LogP contribution in [0.4, 0.5) is 23.2 Å². The maximum Gasteiger partial charge on any atom is 0.272 e. The van der Waals surface area contributed by atoms with Crippen molar-refractivity contribution in [3.8, 4) is 11.5 Å². The number of aliphatic imine (C=N–C) groups is 1. The van der Waals surface area contributed by atoms with E-state index in [4.69, 9.17) is 9.47 Å². The smallest absolute Gasteiger partial charge is 0.272 e. The lowest BCUT2D eigenvalue weighted by molar-refractivity contribution is -0.128. The molecule has 2 amide bonds. The zero-order valence-electron chi connectivity index (χ0n) is 22.6. The van der Waals surface area contributed by atoms with Crippen LogP contribution in [0.15, 0.2) is 83.9 Å². The zero-order valence-corrected chi connectivity index (χ0v) is 22.6. The van der Waals surface area contributed by atoms with Crippen molar-refractivity contribution in [3.05, 3.63) is 124 Å². The maximum absolute atomic E-state index is 15.0. The van der Waals surface area contributed by atoms with Gasteiger partial charge in [-0.1, -0.05) is 24.3 Å². The van der Waals surface area contributed by atoms with Gasteiger partial charge in [-0.15, -0.1) is 0 Å². The Labute approximate surface area is 243 Å². The number of anilines is 1. The van der Waals surface area contributed by atoms with Gasteiger partial charge in [-0.25, -0.2) is 22.6 Å². The molecule has 1 unspecified atom stereocenters. The number of amides is 2. The van der Waals surface area contributed by atoms with Gasteiger partial charge in [0.15, 0.2) is 23.1 Å². The number of benzodiazepines with no additional fused rings is 1. The minimum absolute atomic E-state index is 0.0533. The molecule has 2 heterocycles. The molecule has 0 saturated carbocycles. The van der Waals surface area contributed by atoms with Crippen LogP contribution < -0.4 is 19.7 Å². The van der Waals surface area contributed by atoms with Crippen molar-refractivity contribution in [2.45, 2.75) is 18.5 Å². The number of hydrogen-bond donors (Lipinski definition) is 1. The number of ether oxygens (including phenoxy) is 2. The lowest BCUT2D eigenvalue weighted by atomic mass is 9.90. The summed E-state index contributed by atoms with van der Waals surface area (Å²) in [6, 6.07) is 17.8. The Kier molecular flexibility index (Phi) is 7.31. The molecule has 0 aromatic heterocycles. The van der Waals surface area contributed by atoms with E-state index in [1.165, 1.54) is 18.0 Å². The van der Waals surface area contributed by atoms with E-state index in [0.29, 0.717) is 34.0 Å². The lowest BCUT2D eigenvalue weighted by Gasteiger charge is -2.23. The Morgan fingerprint density at radius 2 is 1.70 bits per heavy atom. The van der Waals surface area contributed by atoms with E-state index >= 15 is 0 Å². The first-order valence-corrected chi connectivity index (χ1v) is 13.2. The molecule has 218 valence electrons. The summed E-state index contributed by atoms with van der Waals surface area (Å²) in [6.07, 6.45) is -1.80. The summed E-state index contributed by atoms with van der Waals surface area (Å²) in [5.74, 6) is -5.81. The van der Waals surface area contributed by atoms with Gasteiger partial charge >= 0.3 is 0 Å². The summed E-state index contributed by atoms with van der Waals surface area (Å²) < 4.78 is 67.7. The minimum atomic E-state index is -1.48. The van der Waals surface area contributed by atoms with Crippen LogP contribution in [0.2, 0.25) is 0 Å². The van der Waals surface area contributed by atoms with Gasteiger partial charge in [0, 0.05) is 23.7 Å². The maximum atomic E-state index is 15.0. The third-order valence-electron chi connectivity index (χ3n) is 7.34. The lowest BCUT2D eigenvalue weighted by Crippen LogP contribution is -2.47. The third kappa shape index (κ3) is 5.41. The minimum Gasteiger partial charge on any atom is -0.454 e. The second-order valence-corrected chi connectivity index (χ2v) is 10.0. The Morgan fingerprint density at radius 3 is 2.51 bits per heavy atom. The number of halogens is 4. The normalized spacial score (nSPS) is 16.3. The van der Waals surface area contributed by atoms with E-state index in [0.717, 1.165) is 30.3 Å². The molecular weight excluding hydrogens is 566 g/mol. The monoisotopic (exact) mass is 589 g/mol. The molecule has 43 heavy (non-hydrogen) atoms. The van der Waals surface area contributed by atoms with Gasteiger partial charge in [0.2, 0.25) is 18.9 Å². The first kappa shape index (κ1) is 28.0. The third-order valence-corrected chi connectivity index (χ3v) is 7.34. The van der Waals surface area contributed by atoms with Gasteiger partial charge in [0.1, 0.15) is 11.6 Å². The average molecular weight is 590 g/mol. The van der Waals surface area contributed by atoms with Crippen LogP contribution in [0.1, 0.15) is 28.2 Å². The molecule has 0 bridgehead atoms. The van der Waals surface area contributed by atoms with Crippen LogP contribution >= 0.6 is 0 Å². The molecule has 7 nitrogen and oxygen atoms in total. The molecule has 0 aliphatic carbocycles. The summed E-state index contributed by atoms with van der Waals surface area (Å²) in [4.78, 5) is 33.5. The van der Waals surface area contributed by atoms with Crippen molar-refractivity contribution >= 4 is 23.2 Å². The van der Waals surface area contributed by atoms with E-state index < -0.39 is 47.2 Å². The summed E-state index contributed by atoms with van der Waals surface area (Å²) in [7, 11) is 1.53. The summed E-state index contributed by atoms with van der Waals surface area (Å²) in [6.45, 7) is 0.0533. The molecule has 2 atom stereocenters. The Morgan fingerprint density at radius 1 is 0.930 bits per heavy atom. The second-order valence-electron chi connectivity index (χ2n) is 10.0. The SMILES string of the molecule is CN1C(=O)C(NC(=O)[C@H](Cc2ccc(F)c(F)c2)c2cc(F)ccc2F)N=C(c2ccc3c(c2)OCO3)c2ccccc21. The standard InChI is InChI=1S/C32H23F4N3O4/c1-39-26-5-3-2-4-20(26)29(18-7-11-27-28(14-18)43-16-42-27)37-30(32(39)41)38-31(40)22(21-15-19(33)8-10-23(21)34)12-17-6-9-24(35)25(36)13-17/h2-11,13-15,22,30H,12,16H2,1H3,(H,38,40)/t22-,30?/m1/s1. The Bertz CT molecular complexity index is 1790. The molecule has 4 aromatic carbocycles. The van der Waals surface area contributed by atoms with Gasteiger partial charge in [-0.3, -0.25) is 9.59 Å². The van der Waals surface area contributed by atoms with Crippen LogP contribution in [0.5, 0.6) is 11.5 Å². The van der Waals surface area contributed by atoms with Crippen molar-refractivity contribution < 1.29 is 36.6 Å². The van der Waals surface area contributed by atoms with E-state index in [1.54, 1.807) is 42.5 Å². The highest BCUT2D eigenvalue weighted by Gasteiger charge is 2.34. The molecule has 2 aliphatic heterocycles. The summed E-state index contributed by atoms with van der Waals surface area (Å²) in [5, 5.41) is 2.59. The van der Waals surface area contributed by atoms with Crippen LogP contribution in [0.25, 0.3) is 0 Å². The number of rotatable bonds is 6. The quantitative estimate of drug-likeness (QED) is 0.312. The highest BCUT2D eigenvalue weighted by molar-refractivity contribution is 6.20. The molecule has 0 radical (unpaired) electrons. The molecule has 0 spiro atoms. The molecular formula is C32H23F4N3O4.